The van der Waals surface area contributed by atoms with Crippen LogP contribution in [-0.4, -0.2) is 67.6 Å². The molecule has 0 aliphatic carbocycles. The molecule has 0 heterocycles. The van der Waals surface area contributed by atoms with Crippen LogP contribution in [0.25, 0.3) is 55.6 Å². The molecule has 0 amide bonds. The maximum atomic E-state index is 14.0. The largest absolute Gasteiger partial charge is 0.392 e. The van der Waals surface area contributed by atoms with Gasteiger partial charge in [-0.05, 0) is 230 Å². The number of aliphatic hydroxyl groups is 5. The second-order valence-corrected chi connectivity index (χ2v) is 41.1. The Kier molecular flexibility index (Phi) is 34.1. The van der Waals surface area contributed by atoms with Gasteiger partial charge in [-0.15, -0.1) is 0 Å². The zero-order valence-electron chi connectivity index (χ0n) is 70.3. The fourth-order valence-corrected chi connectivity index (χ4v) is 21.3. The Balaban J connectivity index is 0.000000159. The minimum atomic E-state index is -3.61. The van der Waals surface area contributed by atoms with E-state index in [0.717, 1.165) is 65.2 Å². The van der Waals surface area contributed by atoms with Crippen molar-refractivity contribution in [3.8, 4) is 55.6 Å². The first-order valence-electron chi connectivity index (χ1n) is 40.1. The van der Waals surface area contributed by atoms with Gasteiger partial charge in [0.05, 0.1) is 86.3 Å². The van der Waals surface area contributed by atoms with Crippen LogP contribution in [-0.2, 0) is 111 Å². The van der Waals surface area contributed by atoms with E-state index in [1.54, 1.807) is 172 Å². The van der Waals surface area contributed by atoms with Crippen molar-refractivity contribution in [2.24, 2.45) is 0 Å². The van der Waals surface area contributed by atoms with Gasteiger partial charge in [0.2, 0.25) is 0 Å². The van der Waals surface area contributed by atoms with Crippen molar-refractivity contribution in [1.29, 1.82) is 0 Å². The van der Waals surface area contributed by atoms with Gasteiger partial charge in [-0.1, -0.05) is 199 Å². The summed E-state index contributed by atoms with van der Waals surface area (Å²) < 4.78 is 234. The molecule has 0 aromatic heterocycles. The molecule has 132 heavy (non-hydrogen) atoms. The van der Waals surface area contributed by atoms with Crippen molar-refractivity contribution < 1.29 is 103 Å². The van der Waals surface area contributed by atoms with Gasteiger partial charge in [-0.2, -0.15) is 0 Å². The lowest BCUT2D eigenvalue weighted by atomic mass is 10.0. The fourth-order valence-electron chi connectivity index (χ4n) is 13.9. The number of hydrogen-bond donors (Lipinski definition) is 5. The van der Waals surface area contributed by atoms with Gasteiger partial charge in [0.25, 0.3) is 0 Å². The van der Waals surface area contributed by atoms with Crippen molar-refractivity contribution in [1.82, 2.24) is 0 Å². The standard InChI is InChI=1S/2C21H18F2O3S.C20H16Cl2O3S.2C20H16F2O3S/c1-14-16(12-24)3-2-4-17(14)13-27(25,26)19-8-5-15(6-9-19)20-10-7-18(22)11-21(20)23;1-14-9-18(6-8-19(14)20-7-5-17(22)11-21(20)23)27(25,26)13-16-4-2-3-15(10-16)12-24;21-17-6-9-19(20(22)11-17)16-4-7-18(8-5-16)26(24,25)13-15-3-1-2-14(10-15)12-23;21-17-7-10-19(20(22)11-17)16-5-8-18(9-6-16)26(24,25)13-15-3-1-14(12-23)2-4-15;21-17-6-9-19(20(22)11-17)16-4-7-18(8-5-16)26(24,25)13-15-3-1-2-14(10-15)12-23/h2*2-11,24H,12-13H2,1H3;3*1-11,23H,12-13H2. The van der Waals surface area contributed by atoms with Crippen LogP contribution in [0, 0.1) is 60.4 Å². The highest BCUT2D eigenvalue weighted by Gasteiger charge is 2.24. The van der Waals surface area contributed by atoms with Crippen LogP contribution in [0.5, 0.6) is 0 Å². The minimum Gasteiger partial charge on any atom is -0.392 e. The van der Waals surface area contributed by atoms with E-state index in [9.17, 15) is 92.5 Å². The molecule has 0 atom stereocenters. The minimum absolute atomic E-state index is 0.103. The van der Waals surface area contributed by atoms with E-state index in [-0.39, 0.29) is 109 Å². The molecule has 0 saturated carbocycles. The fraction of sp³-hybridized carbons (Fsp3) is 0.118. The number of rotatable bonds is 25. The lowest BCUT2D eigenvalue weighted by molar-refractivity contribution is 0.281. The molecule has 0 unspecified atom stereocenters. The number of halogens is 10. The molecule has 5 N–H and O–H groups in total. The predicted molar refractivity (Wildman–Crippen MR) is 495 cm³/mol. The first kappa shape index (κ1) is 100. The van der Waals surface area contributed by atoms with Crippen LogP contribution in [0.3, 0.4) is 0 Å². The predicted octanol–water partition coefficient (Wildman–Crippen LogP) is 22.1. The smallest absolute Gasteiger partial charge is 0.182 e. The maximum Gasteiger partial charge on any atom is 0.182 e. The quantitative estimate of drug-likeness (QED) is 0.0333. The number of hydrogen-bond acceptors (Lipinski definition) is 15. The number of benzene rings is 15. The highest BCUT2D eigenvalue weighted by Crippen LogP contribution is 2.36. The second-order valence-electron chi connectivity index (χ2n) is 30.3. The molecule has 0 saturated heterocycles. The second kappa shape index (κ2) is 44.9. The van der Waals surface area contributed by atoms with Crippen molar-refractivity contribution in [3.63, 3.8) is 0 Å². The third kappa shape index (κ3) is 26.8. The molecule has 0 aliphatic heterocycles. The van der Waals surface area contributed by atoms with Crippen LogP contribution < -0.4 is 0 Å². The van der Waals surface area contributed by atoms with Crippen molar-refractivity contribution in [2.75, 3.05) is 0 Å². The summed E-state index contributed by atoms with van der Waals surface area (Å²) in [7, 11) is -17.9. The Morgan fingerprint density at radius 2 is 0.515 bits per heavy atom. The zero-order chi connectivity index (χ0) is 95.4. The van der Waals surface area contributed by atoms with Gasteiger partial charge in [-0.25, -0.2) is 77.2 Å². The van der Waals surface area contributed by atoms with Crippen LogP contribution in [0.2, 0.25) is 10.0 Å². The van der Waals surface area contributed by atoms with Gasteiger partial charge in [0, 0.05) is 62.1 Å². The molecule has 15 aromatic rings. The van der Waals surface area contributed by atoms with E-state index in [2.05, 4.69) is 0 Å². The van der Waals surface area contributed by atoms with Gasteiger partial charge in [-0.3, -0.25) is 0 Å². The van der Waals surface area contributed by atoms with E-state index < -0.39 is 95.7 Å². The average Bonchev–Trinajstić information content (AvgIpc) is 0.807. The molecule has 15 nitrogen and oxygen atoms in total. The molecular weight excluding hydrogens is 1850 g/mol. The van der Waals surface area contributed by atoms with Crippen molar-refractivity contribution in [2.45, 2.75) is 100 Å². The first-order chi connectivity index (χ1) is 62.8. The zero-order valence-corrected chi connectivity index (χ0v) is 75.9. The third-order valence-corrected chi connectivity index (χ3v) is 29.9. The summed E-state index contributed by atoms with van der Waals surface area (Å²) in [5, 5.41) is 46.9. The average molecular weight is 1930 g/mol. The number of sulfone groups is 5. The van der Waals surface area contributed by atoms with Gasteiger partial charge in [0.15, 0.2) is 49.2 Å². The Morgan fingerprint density at radius 3 is 0.848 bits per heavy atom. The maximum absolute atomic E-state index is 14.0. The molecule has 15 rings (SSSR count). The molecule has 0 bridgehead atoms. The highest BCUT2D eigenvalue weighted by molar-refractivity contribution is 7.91. The van der Waals surface area contributed by atoms with Crippen molar-refractivity contribution in [3.05, 3.63) is 445 Å². The molecule has 30 heteroatoms. The van der Waals surface area contributed by atoms with E-state index in [1.165, 1.54) is 115 Å². The molecular formula is C102H84Cl2F8O15S5. The monoisotopic (exact) mass is 1930 g/mol. The lowest BCUT2D eigenvalue weighted by Gasteiger charge is -2.11. The van der Waals surface area contributed by atoms with Crippen LogP contribution in [0.1, 0.15) is 66.8 Å². The molecule has 0 fully saturated rings. The molecule has 15 aromatic carbocycles. The van der Waals surface area contributed by atoms with E-state index in [0.29, 0.717) is 93.5 Å². The Hall–Kier alpha value is -12.1. The number of aryl methyl sites for hydroxylation is 1. The third-order valence-electron chi connectivity index (χ3n) is 20.8. The van der Waals surface area contributed by atoms with E-state index in [4.69, 9.17) is 33.4 Å². The Labute approximate surface area is 770 Å². The van der Waals surface area contributed by atoms with Crippen molar-refractivity contribution >= 4 is 72.4 Å². The van der Waals surface area contributed by atoms with Crippen LogP contribution in [0.15, 0.2) is 346 Å². The summed E-state index contributed by atoms with van der Waals surface area (Å²) in [5.41, 5.74) is 12.0. The molecule has 0 radical (unpaired) electrons. The van der Waals surface area contributed by atoms with E-state index >= 15 is 0 Å². The summed E-state index contributed by atoms with van der Waals surface area (Å²) in [6.07, 6.45) is 0. The van der Waals surface area contributed by atoms with Gasteiger partial charge in [0.1, 0.15) is 46.5 Å². The summed E-state index contributed by atoms with van der Waals surface area (Å²) in [4.78, 5) is 0.706. The van der Waals surface area contributed by atoms with Crippen LogP contribution in [0.4, 0.5) is 35.1 Å². The summed E-state index contributed by atoms with van der Waals surface area (Å²) >= 11 is 12.1. The Morgan fingerprint density at radius 1 is 0.235 bits per heavy atom. The normalized spacial score (nSPS) is 11.5. The summed E-state index contributed by atoms with van der Waals surface area (Å²) in [6.45, 7) is 2.76. The first-order valence-corrected chi connectivity index (χ1v) is 49.1. The van der Waals surface area contributed by atoms with Gasteiger partial charge >= 0.3 is 0 Å². The number of aliphatic hydroxyl groups excluding tert-OH is 5. The molecule has 682 valence electrons. The molecule has 0 aliphatic rings. The molecule has 0 spiro atoms. The SMILES string of the molecule is Cc1c(CO)cccc1CS(=O)(=O)c1ccc(-c2ccc(F)cc2F)cc1.Cc1cc(S(=O)(=O)Cc2cccc(CO)c2)ccc1-c1ccc(F)cc1F.O=S(=O)(Cc1ccc(CO)cc1)c1ccc(-c2ccc(F)cc2F)cc1.O=S(=O)(Cc1cccc(CO)c1)c1ccc(-c2ccc(Cl)cc2Cl)cc1.O=S(=O)(Cc1cccc(CO)c1)c1ccc(-c2ccc(F)cc2F)cc1. The lowest BCUT2D eigenvalue weighted by Crippen LogP contribution is -2.07. The topological polar surface area (TPSA) is 272 Å². The summed E-state index contributed by atoms with van der Waals surface area (Å²) in [5.74, 6) is -6.40. The van der Waals surface area contributed by atoms with Crippen LogP contribution >= 0.6 is 23.2 Å². The highest BCUT2D eigenvalue weighted by atomic mass is 35.5. The van der Waals surface area contributed by atoms with E-state index in [1.807, 2.05) is 0 Å². The summed E-state index contributed by atoms with van der Waals surface area (Å²) in [6, 6.07) is 79.0. The Bertz CT molecular complexity index is 7080. The van der Waals surface area contributed by atoms with Gasteiger partial charge < -0.3 is 25.5 Å².